The highest BCUT2D eigenvalue weighted by Gasteiger charge is 2.58. The SMILES string of the molecule is O=C1N[C@@](c2ccccn2)(C2CCN(Cc3c(F)cccc3Cl)CC2)C(=O)N1C[C@@H]1CCCO1. The topological polar surface area (TPSA) is 74.8 Å². The van der Waals surface area contributed by atoms with Crippen LogP contribution in [0.15, 0.2) is 42.6 Å². The lowest BCUT2D eigenvalue weighted by Gasteiger charge is -2.40. The Morgan fingerprint density at radius 2 is 1.97 bits per heavy atom. The molecule has 2 aromatic rings. The zero-order valence-corrected chi connectivity index (χ0v) is 19.6. The minimum Gasteiger partial charge on any atom is -0.376 e. The Hall–Kier alpha value is -2.55. The molecule has 34 heavy (non-hydrogen) atoms. The third-order valence-corrected chi connectivity index (χ3v) is 7.61. The highest BCUT2D eigenvalue weighted by Crippen LogP contribution is 2.41. The van der Waals surface area contributed by atoms with E-state index in [1.807, 2.05) is 6.07 Å². The van der Waals surface area contributed by atoms with Gasteiger partial charge >= 0.3 is 6.03 Å². The van der Waals surface area contributed by atoms with Gasteiger partial charge < -0.3 is 10.1 Å². The van der Waals surface area contributed by atoms with Gasteiger partial charge in [-0.1, -0.05) is 23.7 Å². The van der Waals surface area contributed by atoms with Crippen LogP contribution in [-0.2, 0) is 21.6 Å². The number of aromatic nitrogens is 1. The number of rotatable bonds is 6. The number of ether oxygens (including phenoxy) is 1. The predicted molar refractivity (Wildman–Crippen MR) is 125 cm³/mol. The van der Waals surface area contributed by atoms with Crippen LogP contribution in [0.1, 0.15) is 36.9 Å². The summed E-state index contributed by atoms with van der Waals surface area (Å²) in [6.07, 6.45) is 4.61. The van der Waals surface area contributed by atoms with Crippen molar-refractivity contribution in [3.63, 3.8) is 0 Å². The lowest BCUT2D eigenvalue weighted by molar-refractivity contribution is -0.135. The molecule has 2 atom stereocenters. The maximum atomic E-state index is 14.3. The number of hydrogen-bond donors (Lipinski definition) is 1. The standard InChI is InChI=1S/C25H28ClFN4O3/c26-20-6-3-7-21(27)19(20)16-30-12-9-17(10-13-30)25(22-8-1-2-11-28-22)23(32)31(24(33)29-25)15-18-5-4-14-34-18/h1-3,6-8,11,17-18H,4-5,9-10,12-16H2,(H,29,33)/t18-,25+/m0/s1. The van der Waals surface area contributed by atoms with Crippen LogP contribution in [0.2, 0.25) is 5.02 Å². The van der Waals surface area contributed by atoms with Crippen molar-refractivity contribution in [3.8, 4) is 0 Å². The van der Waals surface area contributed by atoms with Crippen molar-refractivity contribution >= 4 is 23.5 Å². The number of amides is 3. The van der Waals surface area contributed by atoms with Gasteiger partial charge in [0.2, 0.25) is 0 Å². The molecule has 4 heterocycles. The molecule has 0 bridgehead atoms. The quantitative estimate of drug-likeness (QED) is 0.630. The molecule has 0 spiro atoms. The Morgan fingerprint density at radius 1 is 1.15 bits per heavy atom. The van der Waals surface area contributed by atoms with E-state index in [4.69, 9.17) is 16.3 Å². The number of halogens is 2. The molecule has 0 unspecified atom stereocenters. The highest BCUT2D eigenvalue weighted by atomic mass is 35.5. The maximum absolute atomic E-state index is 14.3. The summed E-state index contributed by atoms with van der Waals surface area (Å²) in [5.41, 5.74) is -0.174. The van der Waals surface area contributed by atoms with Crippen LogP contribution < -0.4 is 5.32 Å². The fraction of sp³-hybridized carbons (Fsp3) is 0.480. The fourth-order valence-corrected chi connectivity index (χ4v) is 5.66. The summed E-state index contributed by atoms with van der Waals surface area (Å²) in [5.74, 6) is -0.717. The molecule has 1 aromatic carbocycles. The van der Waals surface area contributed by atoms with Gasteiger partial charge in [-0.15, -0.1) is 0 Å². The van der Waals surface area contributed by atoms with Gasteiger partial charge in [0.1, 0.15) is 5.82 Å². The summed E-state index contributed by atoms with van der Waals surface area (Å²) in [7, 11) is 0. The van der Waals surface area contributed by atoms with Gasteiger partial charge in [-0.3, -0.25) is 19.6 Å². The van der Waals surface area contributed by atoms with Gasteiger partial charge in [0.05, 0.1) is 18.3 Å². The first-order valence-corrected chi connectivity index (χ1v) is 12.2. The van der Waals surface area contributed by atoms with Crippen LogP contribution in [0.5, 0.6) is 0 Å². The van der Waals surface area contributed by atoms with E-state index in [9.17, 15) is 14.0 Å². The molecular weight excluding hydrogens is 459 g/mol. The third-order valence-electron chi connectivity index (χ3n) is 7.25. The van der Waals surface area contributed by atoms with E-state index < -0.39 is 11.6 Å². The summed E-state index contributed by atoms with van der Waals surface area (Å²) in [4.78, 5) is 34.8. The van der Waals surface area contributed by atoms with Crippen LogP contribution >= 0.6 is 11.6 Å². The van der Waals surface area contributed by atoms with Gasteiger partial charge in [0, 0.05) is 29.9 Å². The molecule has 1 aromatic heterocycles. The molecule has 0 saturated carbocycles. The van der Waals surface area contributed by atoms with Crippen molar-refractivity contribution < 1.29 is 18.7 Å². The second-order valence-electron chi connectivity index (χ2n) is 9.25. The molecule has 9 heteroatoms. The van der Waals surface area contributed by atoms with Crippen LogP contribution in [0, 0.1) is 11.7 Å². The number of piperidine rings is 1. The van der Waals surface area contributed by atoms with Gasteiger partial charge in [-0.05, 0) is 69.0 Å². The molecule has 3 aliphatic heterocycles. The zero-order chi connectivity index (χ0) is 23.7. The van der Waals surface area contributed by atoms with E-state index in [0.29, 0.717) is 55.4 Å². The molecule has 5 rings (SSSR count). The largest absolute Gasteiger partial charge is 0.376 e. The molecule has 3 saturated heterocycles. The molecular formula is C25H28ClFN4O3. The van der Waals surface area contributed by atoms with Crippen molar-refractivity contribution in [1.82, 2.24) is 20.1 Å². The molecule has 3 amide bonds. The first kappa shape index (κ1) is 23.2. The Balaban J connectivity index is 1.36. The Labute approximate surface area is 203 Å². The number of carbonyl (C=O) groups excluding carboxylic acids is 2. The molecule has 180 valence electrons. The van der Waals surface area contributed by atoms with Gasteiger partial charge in [-0.2, -0.15) is 0 Å². The minimum absolute atomic E-state index is 0.124. The Kier molecular flexibility index (Phi) is 6.55. The molecule has 0 radical (unpaired) electrons. The van der Waals surface area contributed by atoms with E-state index >= 15 is 0 Å². The fourth-order valence-electron chi connectivity index (χ4n) is 5.44. The highest BCUT2D eigenvalue weighted by molar-refractivity contribution is 6.31. The minimum atomic E-state index is -1.21. The second kappa shape index (κ2) is 9.60. The van der Waals surface area contributed by atoms with E-state index in [2.05, 4.69) is 15.2 Å². The predicted octanol–water partition coefficient (Wildman–Crippen LogP) is 3.71. The van der Waals surface area contributed by atoms with Crippen LogP contribution in [0.4, 0.5) is 9.18 Å². The number of nitrogens with one attached hydrogen (secondary N) is 1. The zero-order valence-electron chi connectivity index (χ0n) is 18.9. The smallest absolute Gasteiger partial charge is 0.325 e. The summed E-state index contributed by atoms with van der Waals surface area (Å²) in [6.45, 7) is 2.62. The maximum Gasteiger partial charge on any atom is 0.325 e. The monoisotopic (exact) mass is 486 g/mol. The number of urea groups is 1. The molecule has 3 fully saturated rings. The number of imide groups is 1. The first-order valence-electron chi connectivity index (χ1n) is 11.8. The summed E-state index contributed by atoms with van der Waals surface area (Å²) < 4.78 is 20.0. The van der Waals surface area contributed by atoms with Crippen LogP contribution in [0.3, 0.4) is 0 Å². The lowest BCUT2D eigenvalue weighted by Crippen LogP contribution is -2.54. The summed E-state index contributed by atoms with van der Waals surface area (Å²) >= 11 is 6.22. The Morgan fingerprint density at radius 3 is 2.65 bits per heavy atom. The van der Waals surface area contributed by atoms with Crippen molar-refractivity contribution in [3.05, 3.63) is 64.7 Å². The average molecular weight is 487 g/mol. The first-order chi connectivity index (χ1) is 16.5. The van der Waals surface area contributed by atoms with E-state index in [1.54, 1.807) is 30.5 Å². The molecule has 7 nitrogen and oxygen atoms in total. The third kappa shape index (κ3) is 4.19. The number of hydrogen-bond acceptors (Lipinski definition) is 5. The number of pyridine rings is 1. The van der Waals surface area contributed by atoms with Gasteiger partial charge in [-0.25, -0.2) is 9.18 Å². The number of likely N-dealkylation sites (tertiary alicyclic amines) is 1. The number of nitrogens with zero attached hydrogens (tertiary/aromatic N) is 3. The van der Waals surface area contributed by atoms with Crippen LogP contribution in [0.25, 0.3) is 0 Å². The van der Waals surface area contributed by atoms with Crippen molar-refractivity contribution in [2.75, 3.05) is 26.2 Å². The Bertz CT molecular complexity index is 1040. The van der Waals surface area contributed by atoms with Crippen molar-refractivity contribution in [2.45, 2.75) is 43.9 Å². The summed E-state index contributed by atoms with van der Waals surface area (Å²) in [6, 6.07) is 9.74. The van der Waals surface area contributed by atoms with Crippen LogP contribution in [-0.4, -0.2) is 59.1 Å². The van der Waals surface area contributed by atoms with E-state index in [-0.39, 0.29) is 30.3 Å². The average Bonchev–Trinajstić information content (AvgIpc) is 3.45. The van der Waals surface area contributed by atoms with Gasteiger partial charge in [0.15, 0.2) is 5.54 Å². The van der Waals surface area contributed by atoms with E-state index in [0.717, 1.165) is 12.8 Å². The van der Waals surface area contributed by atoms with Crippen molar-refractivity contribution in [2.24, 2.45) is 5.92 Å². The number of carbonyl (C=O) groups is 2. The van der Waals surface area contributed by atoms with Crippen molar-refractivity contribution in [1.29, 1.82) is 0 Å². The normalized spacial score (nSPS) is 26.3. The molecule has 1 N–H and O–H groups in total. The summed E-state index contributed by atoms with van der Waals surface area (Å²) in [5, 5.41) is 3.44. The number of benzene rings is 1. The second-order valence-corrected chi connectivity index (χ2v) is 9.66. The van der Waals surface area contributed by atoms with E-state index in [1.165, 1.54) is 11.0 Å². The molecule has 3 aliphatic rings. The van der Waals surface area contributed by atoms with Gasteiger partial charge in [0.25, 0.3) is 5.91 Å². The molecule has 0 aliphatic carbocycles. The lowest BCUT2D eigenvalue weighted by atomic mass is 9.75.